The molecule has 1 fully saturated rings. The van der Waals surface area contributed by atoms with Crippen LogP contribution >= 0.6 is 11.8 Å². The zero-order chi connectivity index (χ0) is 18.5. The monoisotopic (exact) mass is 371 g/mol. The van der Waals surface area contributed by atoms with E-state index in [-0.39, 0.29) is 5.78 Å². The van der Waals surface area contributed by atoms with Gasteiger partial charge in [-0.3, -0.25) is 14.4 Å². The Bertz CT molecular complexity index is 807. The Balaban J connectivity index is 1.76. The standard InChI is InChI=1S/C20H25N3O2S/c1-15-18(14-22(2)21-15)19(24)6-4-16-5-7-20(25-3)17(12-16)13-23-8-10-26-11-9-23/h4-7,12,14H,8-11,13H2,1-3H3/b6-4+. The van der Waals surface area contributed by atoms with Crippen LogP contribution in [-0.2, 0) is 13.6 Å². The predicted octanol–water partition coefficient (Wildman–Crippen LogP) is 3.18. The number of ether oxygens (including phenoxy) is 1. The molecule has 0 bridgehead atoms. The van der Waals surface area contributed by atoms with Crippen LogP contribution in [0.4, 0.5) is 0 Å². The van der Waals surface area contributed by atoms with Gasteiger partial charge in [0.25, 0.3) is 0 Å². The van der Waals surface area contributed by atoms with Crippen LogP contribution in [0.2, 0.25) is 0 Å². The third-order valence-corrected chi connectivity index (χ3v) is 5.45. The third-order valence-electron chi connectivity index (χ3n) is 4.51. The fourth-order valence-electron chi connectivity index (χ4n) is 3.13. The van der Waals surface area contributed by atoms with Crippen molar-refractivity contribution in [3.63, 3.8) is 0 Å². The lowest BCUT2D eigenvalue weighted by Crippen LogP contribution is -2.32. The molecule has 0 unspecified atom stereocenters. The minimum Gasteiger partial charge on any atom is -0.496 e. The second-order valence-corrected chi connectivity index (χ2v) is 7.68. The highest BCUT2D eigenvalue weighted by Gasteiger charge is 2.14. The zero-order valence-electron chi connectivity index (χ0n) is 15.6. The molecule has 0 amide bonds. The molecule has 26 heavy (non-hydrogen) atoms. The van der Waals surface area contributed by atoms with Crippen molar-refractivity contribution < 1.29 is 9.53 Å². The Morgan fingerprint density at radius 2 is 2.12 bits per heavy atom. The molecule has 1 aliphatic rings. The van der Waals surface area contributed by atoms with Gasteiger partial charge < -0.3 is 4.74 Å². The average molecular weight is 372 g/mol. The molecule has 3 rings (SSSR count). The van der Waals surface area contributed by atoms with Crippen molar-refractivity contribution in [2.24, 2.45) is 7.05 Å². The van der Waals surface area contributed by atoms with Crippen LogP contribution in [-0.4, -0.2) is 52.2 Å². The SMILES string of the molecule is COc1ccc(/C=C/C(=O)c2cn(C)nc2C)cc1CN1CCSCC1. The van der Waals surface area contributed by atoms with Gasteiger partial charge in [-0.25, -0.2) is 0 Å². The van der Waals surface area contributed by atoms with Gasteiger partial charge in [-0.05, 0) is 30.7 Å². The smallest absolute Gasteiger partial charge is 0.189 e. The number of nitrogens with zero attached hydrogens (tertiary/aromatic N) is 3. The Kier molecular flexibility index (Phi) is 6.16. The van der Waals surface area contributed by atoms with Gasteiger partial charge in [-0.2, -0.15) is 16.9 Å². The van der Waals surface area contributed by atoms with Gasteiger partial charge in [0.1, 0.15) is 5.75 Å². The predicted molar refractivity (Wildman–Crippen MR) is 107 cm³/mol. The molecule has 6 heteroatoms. The van der Waals surface area contributed by atoms with Gasteiger partial charge in [0.15, 0.2) is 5.78 Å². The minimum absolute atomic E-state index is 0.0268. The van der Waals surface area contributed by atoms with E-state index in [2.05, 4.69) is 16.1 Å². The molecular weight excluding hydrogens is 346 g/mol. The van der Waals surface area contributed by atoms with Crippen LogP contribution < -0.4 is 4.74 Å². The van der Waals surface area contributed by atoms with Crippen LogP contribution in [0.25, 0.3) is 6.08 Å². The van der Waals surface area contributed by atoms with Crippen LogP contribution in [0.1, 0.15) is 27.2 Å². The van der Waals surface area contributed by atoms with Crippen molar-refractivity contribution in [2.75, 3.05) is 31.7 Å². The maximum atomic E-state index is 12.4. The van der Waals surface area contributed by atoms with Crippen molar-refractivity contribution in [1.29, 1.82) is 0 Å². The van der Waals surface area contributed by atoms with E-state index in [1.165, 1.54) is 11.5 Å². The number of ketones is 1. The minimum atomic E-state index is -0.0268. The molecule has 2 aromatic rings. The highest BCUT2D eigenvalue weighted by molar-refractivity contribution is 7.99. The lowest BCUT2D eigenvalue weighted by atomic mass is 10.1. The van der Waals surface area contributed by atoms with E-state index >= 15 is 0 Å². The van der Waals surface area contributed by atoms with E-state index in [1.807, 2.05) is 43.9 Å². The number of hydrogen-bond donors (Lipinski definition) is 0. The molecule has 1 aromatic heterocycles. The summed E-state index contributed by atoms with van der Waals surface area (Å²) >= 11 is 2.01. The number of aromatic nitrogens is 2. The summed E-state index contributed by atoms with van der Waals surface area (Å²) in [4.78, 5) is 14.9. The van der Waals surface area contributed by atoms with Crippen molar-refractivity contribution >= 4 is 23.6 Å². The molecule has 1 saturated heterocycles. The molecule has 0 atom stereocenters. The van der Waals surface area contributed by atoms with E-state index in [4.69, 9.17) is 4.74 Å². The quantitative estimate of drug-likeness (QED) is 0.576. The summed E-state index contributed by atoms with van der Waals surface area (Å²) in [6.07, 6.45) is 5.24. The molecule has 0 aliphatic carbocycles. The zero-order valence-corrected chi connectivity index (χ0v) is 16.4. The average Bonchev–Trinajstić information content (AvgIpc) is 2.99. The van der Waals surface area contributed by atoms with E-state index in [9.17, 15) is 4.79 Å². The number of carbonyl (C=O) groups excluding carboxylic acids is 1. The van der Waals surface area contributed by atoms with Crippen molar-refractivity contribution in [2.45, 2.75) is 13.5 Å². The molecule has 0 saturated carbocycles. The topological polar surface area (TPSA) is 47.4 Å². The molecular formula is C20H25N3O2S. The van der Waals surface area contributed by atoms with Gasteiger partial charge in [-0.15, -0.1) is 0 Å². The van der Waals surface area contributed by atoms with Crippen LogP contribution in [0.3, 0.4) is 0 Å². The molecule has 5 nitrogen and oxygen atoms in total. The number of carbonyl (C=O) groups is 1. The fraction of sp³-hybridized carbons (Fsp3) is 0.400. The Hall–Kier alpha value is -2.05. The van der Waals surface area contributed by atoms with Crippen molar-refractivity contribution in [3.8, 4) is 5.75 Å². The summed E-state index contributed by atoms with van der Waals surface area (Å²) in [5, 5.41) is 4.23. The fourth-order valence-corrected chi connectivity index (χ4v) is 4.11. The molecule has 2 heterocycles. The van der Waals surface area contributed by atoms with Crippen LogP contribution in [0, 0.1) is 6.92 Å². The first-order valence-corrected chi connectivity index (χ1v) is 9.92. The highest BCUT2D eigenvalue weighted by atomic mass is 32.2. The highest BCUT2D eigenvalue weighted by Crippen LogP contribution is 2.24. The molecule has 0 spiro atoms. The second kappa shape index (κ2) is 8.56. The van der Waals surface area contributed by atoms with Gasteiger partial charge in [0, 0.05) is 49.9 Å². The maximum absolute atomic E-state index is 12.4. The summed E-state index contributed by atoms with van der Waals surface area (Å²) in [6, 6.07) is 6.07. The van der Waals surface area contributed by atoms with Gasteiger partial charge in [-0.1, -0.05) is 12.1 Å². The van der Waals surface area contributed by atoms with Crippen LogP contribution in [0.5, 0.6) is 5.75 Å². The Morgan fingerprint density at radius 1 is 1.35 bits per heavy atom. The summed E-state index contributed by atoms with van der Waals surface area (Å²) < 4.78 is 7.19. The number of thioether (sulfide) groups is 1. The molecule has 0 radical (unpaired) electrons. The molecule has 1 aromatic carbocycles. The number of allylic oxidation sites excluding steroid dienone is 1. The number of methoxy groups -OCH3 is 1. The summed E-state index contributed by atoms with van der Waals surface area (Å²) in [5.41, 5.74) is 3.55. The maximum Gasteiger partial charge on any atom is 0.189 e. The molecule has 138 valence electrons. The largest absolute Gasteiger partial charge is 0.496 e. The van der Waals surface area contributed by atoms with E-state index in [1.54, 1.807) is 24.1 Å². The number of rotatable bonds is 6. The molecule has 1 aliphatic heterocycles. The normalized spacial score (nSPS) is 15.5. The second-order valence-electron chi connectivity index (χ2n) is 6.46. The Labute approximate surface area is 159 Å². The van der Waals surface area contributed by atoms with E-state index in [0.717, 1.165) is 42.2 Å². The van der Waals surface area contributed by atoms with Gasteiger partial charge in [0.05, 0.1) is 18.4 Å². The number of benzene rings is 1. The van der Waals surface area contributed by atoms with Gasteiger partial charge >= 0.3 is 0 Å². The lowest BCUT2D eigenvalue weighted by molar-refractivity contribution is 0.104. The van der Waals surface area contributed by atoms with Crippen molar-refractivity contribution in [3.05, 3.63) is 52.9 Å². The Morgan fingerprint density at radius 3 is 2.77 bits per heavy atom. The number of hydrogen-bond acceptors (Lipinski definition) is 5. The first-order chi connectivity index (χ1) is 12.6. The summed E-state index contributed by atoms with van der Waals surface area (Å²) in [7, 11) is 3.53. The first kappa shape index (κ1) is 18.7. The van der Waals surface area contributed by atoms with E-state index in [0.29, 0.717) is 5.56 Å². The first-order valence-electron chi connectivity index (χ1n) is 8.76. The lowest BCUT2D eigenvalue weighted by Gasteiger charge is -2.26. The third kappa shape index (κ3) is 4.56. The molecule has 0 N–H and O–H groups in total. The van der Waals surface area contributed by atoms with Gasteiger partial charge in [0.2, 0.25) is 0 Å². The summed E-state index contributed by atoms with van der Waals surface area (Å²) in [6.45, 7) is 4.93. The summed E-state index contributed by atoms with van der Waals surface area (Å²) in [5.74, 6) is 3.23. The number of aryl methyl sites for hydroxylation is 2. The van der Waals surface area contributed by atoms with E-state index < -0.39 is 0 Å². The van der Waals surface area contributed by atoms with Crippen LogP contribution in [0.15, 0.2) is 30.5 Å². The van der Waals surface area contributed by atoms with Crippen molar-refractivity contribution in [1.82, 2.24) is 14.7 Å².